The van der Waals surface area contributed by atoms with Gasteiger partial charge in [0, 0.05) is 19.3 Å². The number of likely N-dealkylation sites (N-methyl/N-ethyl adjacent to an activating group) is 1. The van der Waals surface area contributed by atoms with Gasteiger partial charge in [0.2, 0.25) is 11.8 Å². The second-order valence-corrected chi connectivity index (χ2v) is 5.84. The van der Waals surface area contributed by atoms with Gasteiger partial charge in [0.1, 0.15) is 6.54 Å². The van der Waals surface area contributed by atoms with Crippen LogP contribution in [-0.4, -0.2) is 59.7 Å². The minimum absolute atomic E-state index is 0.0533. The van der Waals surface area contributed by atoms with Crippen LogP contribution in [0, 0.1) is 5.92 Å². The van der Waals surface area contributed by atoms with Gasteiger partial charge < -0.3 is 21.3 Å². The van der Waals surface area contributed by atoms with Gasteiger partial charge in [-0.1, -0.05) is 13.8 Å². The number of hydrogen-bond acceptors (Lipinski definition) is 5. The lowest BCUT2D eigenvalue weighted by atomic mass is 10.1. The first kappa shape index (κ1) is 18.1. The molecule has 0 radical (unpaired) electrons. The first-order valence-corrected chi connectivity index (χ1v) is 7.30. The minimum atomic E-state index is -0.572. The highest BCUT2D eigenvalue weighted by Crippen LogP contribution is 2.07. The summed E-state index contributed by atoms with van der Waals surface area (Å²) in [5, 5.41) is 9.53. The van der Waals surface area contributed by atoms with Gasteiger partial charge in [-0.2, -0.15) is 5.10 Å². The molecule has 22 heavy (non-hydrogen) atoms. The molecule has 1 heterocycles. The van der Waals surface area contributed by atoms with Crippen molar-refractivity contribution in [2.24, 2.45) is 11.7 Å². The lowest BCUT2D eigenvalue weighted by molar-refractivity contribution is -0.122. The first-order chi connectivity index (χ1) is 10.3. The van der Waals surface area contributed by atoms with Gasteiger partial charge in [0.25, 0.3) is 0 Å². The lowest BCUT2D eigenvalue weighted by Gasteiger charge is -2.14. The summed E-state index contributed by atoms with van der Waals surface area (Å²) in [5.41, 5.74) is 6.30. The molecule has 0 saturated heterocycles. The van der Waals surface area contributed by atoms with Crippen LogP contribution in [0.1, 0.15) is 13.8 Å². The SMILES string of the molecule is CC(C)[C@H](N)C(=O)Nc1cnn(CC(=O)NCCN(C)C)c1. The van der Waals surface area contributed by atoms with E-state index in [1.165, 1.54) is 10.9 Å². The zero-order valence-electron chi connectivity index (χ0n) is 13.7. The Balaban J connectivity index is 2.44. The third kappa shape index (κ3) is 6.23. The summed E-state index contributed by atoms with van der Waals surface area (Å²) in [5.74, 6) is -0.329. The number of anilines is 1. The van der Waals surface area contributed by atoms with Crippen molar-refractivity contribution >= 4 is 17.5 Å². The van der Waals surface area contributed by atoms with E-state index in [2.05, 4.69) is 15.7 Å². The third-order valence-electron chi connectivity index (χ3n) is 3.11. The maximum atomic E-state index is 11.8. The molecular formula is C14H26N6O2. The van der Waals surface area contributed by atoms with Crippen molar-refractivity contribution in [1.82, 2.24) is 20.0 Å². The Morgan fingerprint density at radius 3 is 2.68 bits per heavy atom. The fraction of sp³-hybridized carbons (Fsp3) is 0.643. The number of nitrogens with one attached hydrogen (secondary N) is 2. The molecule has 0 unspecified atom stereocenters. The quantitative estimate of drug-likeness (QED) is 0.599. The van der Waals surface area contributed by atoms with Crippen molar-refractivity contribution in [2.45, 2.75) is 26.4 Å². The van der Waals surface area contributed by atoms with E-state index >= 15 is 0 Å². The van der Waals surface area contributed by atoms with Crippen LogP contribution in [0.4, 0.5) is 5.69 Å². The Kier molecular flexibility index (Phi) is 7.00. The fourth-order valence-corrected chi connectivity index (χ4v) is 1.66. The maximum absolute atomic E-state index is 11.8. The van der Waals surface area contributed by atoms with E-state index in [0.29, 0.717) is 12.2 Å². The predicted octanol–water partition coefficient (Wildman–Crippen LogP) is -0.517. The summed E-state index contributed by atoms with van der Waals surface area (Å²) < 4.78 is 1.47. The molecule has 8 heteroatoms. The Hall–Kier alpha value is -1.93. The van der Waals surface area contributed by atoms with Crippen molar-refractivity contribution in [3.8, 4) is 0 Å². The zero-order valence-corrected chi connectivity index (χ0v) is 13.7. The van der Waals surface area contributed by atoms with E-state index in [1.54, 1.807) is 6.20 Å². The van der Waals surface area contributed by atoms with Crippen LogP contribution >= 0.6 is 0 Å². The van der Waals surface area contributed by atoms with Crippen molar-refractivity contribution in [1.29, 1.82) is 0 Å². The normalized spacial score (nSPS) is 12.5. The van der Waals surface area contributed by atoms with Gasteiger partial charge in [-0.15, -0.1) is 0 Å². The maximum Gasteiger partial charge on any atom is 0.241 e. The van der Waals surface area contributed by atoms with Crippen LogP contribution in [0.2, 0.25) is 0 Å². The summed E-state index contributed by atoms with van der Waals surface area (Å²) in [6, 6.07) is -0.572. The van der Waals surface area contributed by atoms with Crippen LogP contribution in [0.25, 0.3) is 0 Å². The molecule has 0 fully saturated rings. The van der Waals surface area contributed by atoms with Crippen molar-refractivity contribution in [2.75, 3.05) is 32.5 Å². The smallest absolute Gasteiger partial charge is 0.241 e. The molecule has 2 amide bonds. The molecular weight excluding hydrogens is 284 g/mol. The molecule has 0 bridgehead atoms. The molecule has 1 aromatic rings. The number of carbonyl (C=O) groups excluding carboxylic acids is 2. The lowest BCUT2D eigenvalue weighted by Crippen LogP contribution is -2.39. The standard InChI is InChI=1S/C14H26N6O2/c1-10(2)13(15)14(22)18-11-7-17-20(8-11)9-12(21)16-5-6-19(3)4/h7-8,10,13H,5-6,9,15H2,1-4H3,(H,16,21)(H,18,22)/t13-/m0/s1. The van der Waals surface area contributed by atoms with Crippen LogP contribution in [0.15, 0.2) is 12.4 Å². The van der Waals surface area contributed by atoms with Gasteiger partial charge in [0.15, 0.2) is 0 Å². The molecule has 8 nitrogen and oxygen atoms in total. The molecule has 0 saturated carbocycles. The van der Waals surface area contributed by atoms with E-state index in [0.717, 1.165) is 6.54 Å². The van der Waals surface area contributed by atoms with E-state index in [9.17, 15) is 9.59 Å². The Labute approximate surface area is 131 Å². The highest BCUT2D eigenvalue weighted by atomic mass is 16.2. The van der Waals surface area contributed by atoms with Gasteiger partial charge in [0.05, 0.1) is 17.9 Å². The van der Waals surface area contributed by atoms with Crippen molar-refractivity contribution in [3.63, 3.8) is 0 Å². The summed E-state index contributed by atoms with van der Waals surface area (Å²) in [4.78, 5) is 25.5. The number of hydrogen-bond donors (Lipinski definition) is 3. The number of amides is 2. The largest absolute Gasteiger partial charge is 0.353 e. The van der Waals surface area contributed by atoms with E-state index < -0.39 is 6.04 Å². The number of nitrogens with zero attached hydrogens (tertiary/aromatic N) is 3. The molecule has 0 aromatic carbocycles. The molecule has 124 valence electrons. The highest BCUT2D eigenvalue weighted by molar-refractivity contribution is 5.94. The highest BCUT2D eigenvalue weighted by Gasteiger charge is 2.17. The molecule has 0 aliphatic rings. The topological polar surface area (TPSA) is 105 Å². The molecule has 0 aliphatic heterocycles. The predicted molar refractivity (Wildman–Crippen MR) is 85.2 cm³/mol. The summed E-state index contributed by atoms with van der Waals surface area (Å²) in [7, 11) is 3.88. The fourth-order valence-electron chi connectivity index (χ4n) is 1.66. The van der Waals surface area contributed by atoms with Gasteiger partial charge in [-0.25, -0.2) is 0 Å². The monoisotopic (exact) mass is 310 g/mol. The average Bonchev–Trinajstić information content (AvgIpc) is 2.84. The van der Waals surface area contributed by atoms with Crippen molar-refractivity contribution in [3.05, 3.63) is 12.4 Å². The number of carbonyl (C=O) groups is 2. The second-order valence-electron chi connectivity index (χ2n) is 5.84. The summed E-state index contributed by atoms with van der Waals surface area (Å²) in [6.45, 7) is 5.23. The van der Waals surface area contributed by atoms with Gasteiger partial charge in [-0.05, 0) is 20.0 Å². The molecule has 4 N–H and O–H groups in total. The van der Waals surface area contributed by atoms with E-state index in [1.807, 2.05) is 32.8 Å². The van der Waals surface area contributed by atoms with Gasteiger partial charge >= 0.3 is 0 Å². The van der Waals surface area contributed by atoms with Crippen LogP contribution < -0.4 is 16.4 Å². The number of rotatable bonds is 8. The Morgan fingerprint density at radius 2 is 2.09 bits per heavy atom. The van der Waals surface area contributed by atoms with Crippen LogP contribution in [0.3, 0.4) is 0 Å². The summed E-state index contributed by atoms with van der Waals surface area (Å²) >= 11 is 0. The Bertz CT molecular complexity index is 497. The minimum Gasteiger partial charge on any atom is -0.353 e. The van der Waals surface area contributed by atoms with Gasteiger partial charge in [-0.3, -0.25) is 14.3 Å². The summed E-state index contributed by atoms with van der Waals surface area (Å²) in [6.07, 6.45) is 3.11. The Morgan fingerprint density at radius 1 is 1.41 bits per heavy atom. The molecule has 0 spiro atoms. The molecule has 1 rings (SSSR count). The van der Waals surface area contributed by atoms with Crippen LogP contribution in [-0.2, 0) is 16.1 Å². The number of aromatic nitrogens is 2. The zero-order chi connectivity index (χ0) is 16.7. The van der Waals surface area contributed by atoms with E-state index in [4.69, 9.17) is 5.73 Å². The van der Waals surface area contributed by atoms with Crippen molar-refractivity contribution < 1.29 is 9.59 Å². The first-order valence-electron chi connectivity index (χ1n) is 7.30. The average molecular weight is 310 g/mol. The second kappa shape index (κ2) is 8.50. The third-order valence-corrected chi connectivity index (χ3v) is 3.11. The molecule has 1 atom stereocenters. The molecule has 0 aliphatic carbocycles. The van der Waals surface area contributed by atoms with E-state index in [-0.39, 0.29) is 24.3 Å². The van der Waals surface area contributed by atoms with Crippen LogP contribution in [0.5, 0.6) is 0 Å². The number of nitrogens with two attached hydrogens (primary N) is 1. The molecule has 1 aromatic heterocycles.